The summed E-state index contributed by atoms with van der Waals surface area (Å²) in [5.74, 6) is 2.77. The third-order valence-electron chi connectivity index (χ3n) is 3.24. The minimum Gasteiger partial charge on any atom is -0.497 e. The Morgan fingerprint density at radius 1 is 0.786 bits per heavy atom. The smallest absolute Gasteiger partial charge is 0.134 e. The van der Waals surface area contributed by atoms with Crippen molar-refractivity contribution in [3.8, 4) is 11.5 Å². The Kier molecular flexibility index (Phi) is 13.1. The van der Waals surface area contributed by atoms with Crippen LogP contribution in [0.1, 0.15) is 45.7 Å². The lowest BCUT2D eigenvalue weighted by atomic mass is 10.1. The zero-order valence-corrected chi connectivity index (χ0v) is 18.2. The summed E-state index contributed by atoms with van der Waals surface area (Å²) >= 11 is 0. The monoisotopic (exact) mass is 386 g/mol. The van der Waals surface area contributed by atoms with Crippen LogP contribution in [0.4, 0.5) is 0 Å². The third kappa shape index (κ3) is 12.7. The third-order valence-corrected chi connectivity index (χ3v) is 3.24. The fraction of sp³-hybridized carbons (Fsp3) is 0.417. The lowest BCUT2D eigenvalue weighted by molar-refractivity contribution is -0.117. The van der Waals surface area contributed by atoms with Gasteiger partial charge in [-0.25, -0.2) is 0 Å². The van der Waals surface area contributed by atoms with Crippen molar-refractivity contribution in [2.24, 2.45) is 5.92 Å². The Labute approximate surface area is 169 Å². The molecule has 28 heavy (non-hydrogen) atoms. The SMILES string of the molecule is CC(C)C.COc1ccc(CC(C)=O)cc1.COc1ccccc1CC(C)=O. The highest BCUT2D eigenvalue weighted by Crippen LogP contribution is 2.17. The number of methoxy groups -OCH3 is 2. The van der Waals surface area contributed by atoms with Crippen LogP contribution in [0.5, 0.6) is 11.5 Å². The molecule has 2 aromatic carbocycles. The first kappa shape index (κ1) is 25.4. The van der Waals surface area contributed by atoms with Crippen LogP contribution in [-0.2, 0) is 22.4 Å². The van der Waals surface area contributed by atoms with Gasteiger partial charge in [0.2, 0.25) is 0 Å². The second-order valence-corrected chi connectivity index (χ2v) is 7.15. The van der Waals surface area contributed by atoms with Crippen LogP contribution in [0.3, 0.4) is 0 Å². The quantitative estimate of drug-likeness (QED) is 0.674. The molecule has 0 aliphatic carbocycles. The molecule has 4 heteroatoms. The van der Waals surface area contributed by atoms with E-state index < -0.39 is 0 Å². The number of ether oxygens (including phenoxy) is 2. The molecule has 2 aromatic rings. The molecule has 154 valence electrons. The van der Waals surface area contributed by atoms with Crippen molar-refractivity contribution in [1.29, 1.82) is 0 Å². The van der Waals surface area contributed by atoms with Gasteiger partial charge in [-0.05, 0) is 43.5 Å². The molecule has 2 rings (SSSR count). The first-order valence-corrected chi connectivity index (χ1v) is 9.43. The summed E-state index contributed by atoms with van der Waals surface area (Å²) in [4.78, 5) is 21.6. The maximum atomic E-state index is 10.8. The summed E-state index contributed by atoms with van der Waals surface area (Å²) in [6, 6.07) is 15.1. The zero-order valence-electron chi connectivity index (χ0n) is 18.2. The van der Waals surface area contributed by atoms with E-state index in [0.29, 0.717) is 12.8 Å². The van der Waals surface area contributed by atoms with Gasteiger partial charge in [0.25, 0.3) is 0 Å². The number of hydrogen-bond donors (Lipinski definition) is 0. The topological polar surface area (TPSA) is 52.6 Å². The summed E-state index contributed by atoms with van der Waals surface area (Å²) in [5, 5.41) is 0. The summed E-state index contributed by atoms with van der Waals surface area (Å²) in [5.41, 5.74) is 1.98. The Morgan fingerprint density at radius 3 is 1.71 bits per heavy atom. The maximum absolute atomic E-state index is 10.8. The van der Waals surface area contributed by atoms with Gasteiger partial charge in [-0.2, -0.15) is 0 Å². The molecule has 0 amide bonds. The van der Waals surface area contributed by atoms with Crippen molar-refractivity contribution in [1.82, 2.24) is 0 Å². The molecule has 0 radical (unpaired) electrons. The Balaban J connectivity index is 0.000000439. The number of rotatable bonds is 6. The van der Waals surface area contributed by atoms with Crippen LogP contribution >= 0.6 is 0 Å². The van der Waals surface area contributed by atoms with E-state index in [2.05, 4.69) is 20.8 Å². The number of benzene rings is 2. The van der Waals surface area contributed by atoms with Crippen molar-refractivity contribution in [2.45, 2.75) is 47.5 Å². The van der Waals surface area contributed by atoms with E-state index in [9.17, 15) is 9.59 Å². The van der Waals surface area contributed by atoms with E-state index >= 15 is 0 Å². The minimum absolute atomic E-state index is 0.152. The van der Waals surface area contributed by atoms with Crippen LogP contribution in [0, 0.1) is 5.92 Å². The van der Waals surface area contributed by atoms with E-state index in [1.807, 2.05) is 48.5 Å². The first-order chi connectivity index (χ1) is 13.2. The number of Topliss-reactive ketones (excluding diaryl/α,β-unsaturated/α-hetero) is 2. The van der Waals surface area contributed by atoms with Gasteiger partial charge in [0.15, 0.2) is 0 Å². The Morgan fingerprint density at radius 2 is 1.29 bits per heavy atom. The van der Waals surface area contributed by atoms with Crippen LogP contribution in [0.25, 0.3) is 0 Å². The van der Waals surface area contributed by atoms with Gasteiger partial charge < -0.3 is 9.47 Å². The van der Waals surface area contributed by atoms with Crippen molar-refractivity contribution in [3.63, 3.8) is 0 Å². The summed E-state index contributed by atoms with van der Waals surface area (Å²) in [6.45, 7) is 9.66. The highest BCUT2D eigenvalue weighted by Gasteiger charge is 2.03. The Hall–Kier alpha value is -2.62. The van der Waals surface area contributed by atoms with Gasteiger partial charge in [-0.3, -0.25) is 9.59 Å². The van der Waals surface area contributed by atoms with Gasteiger partial charge in [0.05, 0.1) is 14.2 Å². The molecule has 0 atom stereocenters. The number of para-hydroxylation sites is 1. The molecule has 0 saturated carbocycles. The van der Waals surface area contributed by atoms with Crippen molar-refractivity contribution >= 4 is 11.6 Å². The summed E-state index contributed by atoms with van der Waals surface area (Å²) in [7, 11) is 3.24. The second-order valence-electron chi connectivity index (χ2n) is 7.15. The molecule has 0 aromatic heterocycles. The van der Waals surface area contributed by atoms with E-state index in [-0.39, 0.29) is 11.6 Å². The second kappa shape index (κ2) is 14.4. The Bertz CT molecular complexity index is 700. The molecule has 0 unspecified atom stereocenters. The molecule has 0 spiro atoms. The van der Waals surface area contributed by atoms with Gasteiger partial charge in [-0.1, -0.05) is 51.1 Å². The number of carbonyl (C=O) groups excluding carboxylic acids is 2. The minimum atomic E-state index is 0.152. The summed E-state index contributed by atoms with van der Waals surface area (Å²) in [6.07, 6.45) is 0.952. The number of carbonyl (C=O) groups is 2. The highest BCUT2D eigenvalue weighted by atomic mass is 16.5. The van der Waals surface area contributed by atoms with Crippen LogP contribution in [0.15, 0.2) is 48.5 Å². The van der Waals surface area contributed by atoms with Gasteiger partial charge >= 0.3 is 0 Å². The lowest BCUT2D eigenvalue weighted by Gasteiger charge is -2.05. The van der Waals surface area contributed by atoms with E-state index in [1.54, 1.807) is 28.1 Å². The molecule has 0 heterocycles. The molecule has 0 bridgehead atoms. The number of ketones is 2. The highest BCUT2D eigenvalue weighted by molar-refractivity contribution is 5.79. The van der Waals surface area contributed by atoms with E-state index in [0.717, 1.165) is 28.5 Å². The van der Waals surface area contributed by atoms with Crippen LogP contribution < -0.4 is 9.47 Å². The standard InChI is InChI=1S/2C10H12O2.C4H10/c1-8(11)7-9-3-5-10(12-2)6-4-9;1-8(11)7-9-5-3-4-6-10(9)12-2;1-4(2)3/h2*3-6H,7H2,1-2H3;4H,1-3H3. The predicted octanol–water partition coefficient (Wildman–Crippen LogP) is 5.32. The van der Waals surface area contributed by atoms with E-state index in [4.69, 9.17) is 9.47 Å². The number of hydrogen-bond acceptors (Lipinski definition) is 4. The average Bonchev–Trinajstić information content (AvgIpc) is 2.62. The molecular formula is C24H34O4. The average molecular weight is 387 g/mol. The molecule has 0 aliphatic rings. The fourth-order valence-corrected chi connectivity index (χ4v) is 2.15. The van der Waals surface area contributed by atoms with Crippen molar-refractivity contribution in [2.75, 3.05) is 14.2 Å². The molecular weight excluding hydrogens is 352 g/mol. The van der Waals surface area contributed by atoms with Crippen LogP contribution in [-0.4, -0.2) is 25.8 Å². The molecule has 0 N–H and O–H groups in total. The van der Waals surface area contributed by atoms with E-state index in [1.165, 1.54) is 0 Å². The van der Waals surface area contributed by atoms with Gasteiger partial charge in [0, 0.05) is 18.4 Å². The molecule has 0 saturated heterocycles. The molecule has 0 fully saturated rings. The summed E-state index contributed by atoms with van der Waals surface area (Å²) < 4.78 is 10.1. The largest absolute Gasteiger partial charge is 0.497 e. The fourth-order valence-electron chi connectivity index (χ4n) is 2.15. The lowest BCUT2D eigenvalue weighted by Crippen LogP contribution is -1.98. The molecule has 4 nitrogen and oxygen atoms in total. The van der Waals surface area contributed by atoms with Gasteiger partial charge in [0.1, 0.15) is 23.1 Å². The van der Waals surface area contributed by atoms with Crippen LogP contribution in [0.2, 0.25) is 0 Å². The first-order valence-electron chi connectivity index (χ1n) is 9.43. The molecule has 0 aliphatic heterocycles. The zero-order chi connectivity index (χ0) is 21.5. The predicted molar refractivity (Wildman–Crippen MR) is 115 cm³/mol. The van der Waals surface area contributed by atoms with Crippen molar-refractivity contribution in [3.05, 3.63) is 59.7 Å². The van der Waals surface area contributed by atoms with Crippen molar-refractivity contribution < 1.29 is 19.1 Å². The normalized spacial score (nSPS) is 9.43. The maximum Gasteiger partial charge on any atom is 0.134 e. The van der Waals surface area contributed by atoms with Gasteiger partial charge in [-0.15, -0.1) is 0 Å².